The first kappa shape index (κ1) is 16.6. The summed E-state index contributed by atoms with van der Waals surface area (Å²) >= 11 is 0. The number of benzene rings is 1. The summed E-state index contributed by atoms with van der Waals surface area (Å²) < 4.78 is 27.9. The minimum atomic E-state index is -3.28. The van der Waals surface area contributed by atoms with Crippen LogP contribution in [0.2, 0.25) is 0 Å². The molecule has 0 spiro atoms. The van der Waals surface area contributed by atoms with Gasteiger partial charge in [-0.3, -0.25) is 14.6 Å². The molecule has 3 aromatic rings. The number of rotatable bonds is 3. The molecule has 0 aliphatic carbocycles. The Labute approximate surface area is 158 Å². The zero-order chi connectivity index (χ0) is 18.6. The molecule has 0 radical (unpaired) electrons. The van der Waals surface area contributed by atoms with Crippen molar-refractivity contribution in [2.45, 2.75) is 22.6 Å². The molecule has 5 rings (SSSR count). The molecule has 138 valence electrons. The quantitative estimate of drug-likeness (QED) is 0.697. The fraction of sp³-hybridized carbons (Fsp3) is 0.300. The van der Waals surface area contributed by atoms with Crippen LogP contribution in [0, 0.1) is 0 Å². The highest BCUT2D eigenvalue weighted by molar-refractivity contribution is 7.92. The predicted molar refractivity (Wildman–Crippen MR) is 102 cm³/mol. The van der Waals surface area contributed by atoms with Crippen LogP contribution in [-0.4, -0.2) is 46.4 Å². The second-order valence-corrected chi connectivity index (χ2v) is 9.53. The van der Waals surface area contributed by atoms with Crippen molar-refractivity contribution in [3.05, 3.63) is 66.2 Å². The van der Waals surface area contributed by atoms with Gasteiger partial charge in [-0.25, -0.2) is 8.42 Å². The smallest absolute Gasteiger partial charge is 0.183 e. The Hall–Kier alpha value is -2.51. The molecule has 2 aromatic heterocycles. The van der Waals surface area contributed by atoms with Crippen molar-refractivity contribution in [1.82, 2.24) is 19.7 Å². The SMILES string of the molecule is Cn1cc(-c2ccc3c(c2)[C@H]2CN(Cc4ccncc4)C[C@@H]2S3(=O)=O)cn1. The monoisotopic (exact) mass is 380 g/mol. The molecule has 1 saturated heterocycles. The fourth-order valence-corrected chi connectivity index (χ4v) is 6.55. The summed E-state index contributed by atoms with van der Waals surface area (Å²) in [5, 5.41) is 3.88. The molecule has 7 heteroatoms. The van der Waals surface area contributed by atoms with E-state index < -0.39 is 9.84 Å². The Kier molecular flexibility index (Phi) is 3.70. The van der Waals surface area contributed by atoms with E-state index in [9.17, 15) is 8.42 Å². The third-order valence-electron chi connectivity index (χ3n) is 5.65. The topological polar surface area (TPSA) is 68.1 Å². The molecule has 0 amide bonds. The largest absolute Gasteiger partial charge is 0.297 e. The molecule has 2 aliphatic rings. The standard InChI is InChI=1S/C20H20N4O2S/c1-23-11-16(9-22-23)15-2-3-19-17(8-15)18-12-24(13-20(18)27(19,25)26)10-14-4-6-21-7-5-14/h2-9,11,18,20H,10,12-13H2,1H3/t18-,20+/m1/s1. The minimum Gasteiger partial charge on any atom is -0.297 e. The zero-order valence-electron chi connectivity index (χ0n) is 15.0. The van der Waals surface area contributed by atoms with Gasteiger partial charge in [0.1, 0.15) is 0 Å². The summed E-state index contributed by atoms with van der Waals surface area (Å²) in [6, 6.07) is 9.68. The molecule has 2 atom stereocenters. The van der Waals surface area contributed by atoms with Gasteiger partial charge < -0.3 is 0 Å². The number of aryl methyl sites for hydroxylation is 1. The molecule has 2 aliphatic heterocycles. The normalized spacial score (nSPS) is 23.3. The molecule has 0 bridgehead atoms. The summed E-state index contributed by atoms with van der Waals surface area (Å²) in [4.78, 5) is 6.80. The van der Waals surface area contributed by atoms with Gasteiger partial charge in [-0.2, -0.15) is 5.10 Å². The first-order chi connectivity index (χ1) is 13.0. The fourth-order valence-electron chi connectivity index (χ4n) is 4.35. The maximum Gasteiger partial charge on any atom is 0.183 e. The Balaban J connectivity index is 1.48. The van der Waals surface area contributed by atoms with Crippen molar-refractivity contribution in [1.29, 1.82) is 0 Å². The van der Waals surface area contributed by atoms with Gasteiger partial charge in [-0.1, -0.05) is 6.07 Å². The van der Waals surface area contributed by atoms with Gasteiger partial charge in [-0.15, -0.1) is 0 Å². The second kappa shape index (κ2) is 6.00. The third-order valence-corrected chi connectivity index (χ3v) is 7.91. The van der Waals surface area contributed by atoms with Crippen LogP contribution < -0.4 is 0 Å². The first-order valence-electron chi connectivity index (χ1n) is 9.00. The van der Waals surface area contributed by atoms with Gasteiger partial charge in [0.2, 0.25) is 0 Å². The number of sulfone groups is 1. The Morgan fingerprint density at radius 1 is 1.11 bits per heavy atom. The maximum absolute atomic E-state index is 13.1. The van der Waals surface area contributed by atoms with Gasteiger partial charge >= 0.3 is 0 Å². The van der Waals surface area contributed by atoms with Crippen LogP contribution >= 0.6 is 0 Å². The number of hydrogen-bond acceptors (Lipinski definition) is 5. The number of hydrogen-bond donors (Lipinski definition) is 0. The number of aromatic nitrogens is 3. The van der Waals surface area contributed by atoms with E-state index in [0.717, 1.165) is 35.3 Å². The van der Waals surface area contributed by atoms with Gasteiger partial charge in [-0.05, 0) is 41.0 Å². The van der Waals surface area contributed by atoms with Gasteiger partial charge in [0.15, 0.2) is 9.84 Å². The van der Waals surface area contributed by atoms with Crippen molar-refractivity contribution >= 4 is 9.84 Å². The van der Waals surface area contributed by atoms with Crippen LogP contribution in [-0.2, 0) is 23.4 Å². The van der Waals surface area contributed by atoms with E-state index in [1.165, 1.54) is 0 Å². The summed E-state index contributed by atoms with van der Waals surface area (Å²) in [5.41, 5.74) is 4.14. The number of likely N-dealkylation sites (tertiary alicyclic amines) is 1. The molecule has 0 N–H and O–H groups in total. The van der Waals surface area contributed by atoms with Gasteiger partial charge in [0.25, 0.3) is 0 Å². The van der Waals surface area contributed by atoms with Crippen LogP contribution in [0.1, 0.15) is 17.0 Å². The summed E-state index contributed by atoms with van der Waals surface area (Å²) in [6.07, 6.45) is 7.32. The van der Waals surface area contributed by atoms with Crippen molar-refractivity contribution in [3.63, 3.8) is 0 Å². The number of nitrogens with zero attached hydrogens (tertiary/aromatic N) is 4. The van der Waals surface area contributed by atoms with E-state index in [-0.39, 0.29) is 11.2 Å². The van der Waals surface area contributed by atoms with E-state index in [0.29, 0.717) is 11.4 Å². The maximum atomic E-state index is 13.1. The summed E-state index contributed by atoms with van der Waals surface area (Å²) in [7, 11) is -1.40. The summed E-state index contributed by atoms with van der Waals surface area (Å²) in [5.74, 6) is 0.0310. The van der Waals surface area contributed by atoms with Crippen LogP contribution in [0.4, 0.5) is 0 Å². The first-order valence-corrected chi connectivity index (χ1v) is 10.5. The lowest BCUT2D eigenvalue weighted by Crippen LogP contribution is -2.25. The highest BCUT2D eigenvalue weighted by atomic mass is 32.2. The Bertz CT molecular complexity index is 1110. The van der Waals surface area contributed by atoms with Gasteiger partial charge in [0, 0.05) is 56.8 Å². The average molecular weight is 380 g/mol. The van der Waals surface area contributed by atoms with E-state index in [1.54, 1.807) is 23.1 Å². The predicted octanol–water partition coefficient (Wildman–Crippen LogP) is 2.24. The van der Waals surface area contributed by atoms with Crippen LogP contribution in [0.5, 0.6) is 0 Å². The second-order valence-electron chi connectivity index (χ2n) is 7.39. The van der Waals surface area contributed by atoms with E-state index >= 15 is 0 Å². The van der Waals surface area contributed by atoms with Crippen molar-refractivity contribution in [2.24, 2.45) is 7.05 Å². The van der Waals surface area contributed by atoms with E-state index in [1.807, 2.05) is 43.7 Å². The Morgan fingerprint density at radius 2 is 1.93 bits per heavy atom. The lowest BCUT2D eigenvalue weighted by atomic mass is 9.95. The molecular weight excluding hydrogens is 360 g/mol. The summed E-state index contributed by atoms with van der Waals surface area (Å²) in [6.45, 7) is 2.09. The number of pyridine rings is 1. The van der Waals surface area contributed by atoms with Crippen LogP contribution in [0.25, 0.3) is 11.1 Å². The molecule has 0 saturated carbocycles. The average Bonchev–Trinajstić information content (AvgIpc) is 3.33. The molecule has 1 aromatic carbocycles. The van der Waals surface area contributed by atoms with Crippen molar-refractivity contribution in [2.75, 3.05) is 13.1 Å². The molecule has 0 unspecified atom stereocenters. The highest BCUT2D eigenvalue weighted by Gasteiger charge is 2.50. The Morgan fingerprint density at radius 3 is 2.67 bits per heavy atom. The van der Waals surface area contributed by atoms with E-state index in [2.05, 4.69) is 15.0 Å². The van der Waals surface area contributed by atoms with Crippen molar-refractivity contribution < 1.29 is 8.42 Å². The highest BCUT2D eigenvalue weighted by Crippen LogP contribution is 2.46. The lowest BCUT2D eigenvalue weighted by Gasteiger charge is -2.17. The lowest BCUT2D eigenvalue weighted by molar-refractivity contribution is 0.325. The number of fused-ring (bicyclic) bond motifs is 3. The molecule has 4 heterocycles. The van der Waals surface area contributed by atoms with E-state index in [4.69, 9.17) is 0 Å². The molecule has 27 heavy (non-hydrogen) atoms. The van der Waals surface area contributed by atoms with Crippen LogP contribution in [0.15, 0.2) is 60.0 Å². The minimum absolute atomic E-state index is 0.0310. The van der Waals surface area contributed by atoms with Crippen molar-refractivity contribution in [3.8, 4) is 11.1 Å². The molecule has 6 nitrogen and oxygen atoms in total. The molecule has 1 fully saturated rings. The van der Waals surface area contributed by atoms with Crippen LogP contribution in [0.3, 0.4) is 0 Å². The molecular formula is C20H20N4O2S. The third kappa shape index (κ3) is 2.69. The van der Waals surface area contributed by atoms with Gasteiger partial charge in [0.05, 0.1) is 16.3 Å². The zero-order valence-corrected chi connectivity index (χ0v) is 15.8.